The monoisotopic (exact) mass is 629 g/mol. The van der Waals surface area contributed by atoms with Crippen molar-refractivity contribution in [3.05, 3.63) is 173 Å². The lowest BCUT2D eigenvalue weighted by Crippen LogP contribution is -2.30. The summed E-state index contributed by atoms with van der Waals surface area (Å²) in [6.45, 7) is 0. The van der Waals surface area contributed by atoms with Crippen LogP contribution in [-0.2, 0) is 19.2 Å². The molecule has 2 N–H and O–H groups in total. The van der Waals surface area contributed by atoms with Crippen LogP contribution in [0, 0.1) is 0 Å². The van der Waals surface area contributed by atoms with E-state index in [1.165, 1.54) is 4.90 Å². The van der Waals surface area contributed by atoms with Gasteiger partial charge in [0.15, 0.2) is 0 Å². The first kappa shape index (κ1) is 31.6. The predicted octanol–water partition coefficient (Wildman–Crippen LogP) is 7.55. The number of rotatable bonds is 7. The zero-order valence-corrected chi connectivity index (χ0v) is 25.1. The molecule has 1 fully saturated rings. The molecule has 7 nitrogen and oxygen atoms in total. The minimum Gasteiger partial charge on any atom is -0.478 e. The fraction of sp³-hybridized carbons (Fsp3) is 0.0526. The summed E-state index contributed by atoms with van der Waals surface area (Å²) in [5.41, 5.74) is 2.52. The summed E-state index contributed by atoms with van der Waals surface area (Å²) in [5, 5.41) is 19.3. The number of nitrogens with zero attached hydrogens (tertiary/aromatic N) is 1. The number of halogens is 1. The minimum absolute atomic E-state index is 0.211. The number of hydrogen-bond acceptors (Lipinski definition) is 4. The summed E-state index contributed by atoms with van der Waals surface area (Å²) in [5.74, 6) is -4.03. The van der Waals surface area contributed by atoms with Gasteiger partial charge in [-0.3, -0.25) is 9.59 Å². The molecule has 0 bridgehead atoms. The van der Waals surface area contributed by atoms with Crippen molar-refractivity contribution in [2.24, 2.45) is 0 Å². The molecule has 2 atom stereocenters. The maximum Gasteiger partial charge on any atom is 0.337 e. The average molecular weight is 630 g/mol. The van der Waals surface area contributed by atoms with Crippen LogP contribution in [0.1, 0.15) is 34.1 Å². The highest BCUT2D eigenvalue weighted by Crippen LogP contribution is 2.43. The highest BCUT2D eigenvalue weighted by atomic mass is 35.5. The molecule has 2 unspecified atom stereocenters. The van der Waals surface area contributed by atoms with Gasteiger partial charge in [0.05, 0.1) is 28.7 Å². The molecule has 0 saturated carbocycles. The summed E-state index contributed by atoms with van der Waals surface area (Å²) < 4.78 is 0. The third kappa shape index (κ3) is 6.80. The highest BCUT2D eigenvalue weighted by Gasteiger charge is 2.49. The van der Waals surface area contributed by atoms with E-state index in [1.807, 2.05) is 60.7 Å². The van der Waals surface area contributed by atoms with Gasteiger partial charge in [0.2, 0.25) is 11.8 Å². The van der Waals surface area contributed by atoms with Gasteiger partial charge in [-0.1, -0.05) is 133 Å². The zero-order chi connectivity index (χ0) is 32.6. The Balaban J connectivity index is 0.000000188. The van der Waals surface area contributed by atoms with Gasteiger partial charge in [-0.15, -0.1) is 0 Å². The lowest BCUT2D eigenvalue weighted by Gasteiger charge is -2.15. The van der Waals surface area contributed by atoms with Crippen LogP contribution in [0.2, 0.25) is 5.02 Å². The molecule has 228 valence electrons. The Hall–Kier alpha value is -5.79. The summed E-state index contributed by atoms with van der Waals surface area (Å²) in [4.78, 5) is 50.8. The SMILES string of the molecule is O=C(O)/C(=C(\C(=O)O)c1ccccc1)c1ccccc1.O=C1C(c2ccccc2)C(c2ccccc2)C(=O)N1c1ccc(Cl)cc1. The molecule has 8 heteroatoms. The summed E-state index contributed by atoms with van der Waals surface area (Å²) >= 11 is 5.95. The van der Waals surface area contributed by atoms with Gasteiger partial charge in [0.25, 0.3) is 0 Å². The van der Waals surface area contributed by atoms with Gasteiger partial charge in [-0.25, -0.2) is 14.5 Å². The van der Waals surface area contributed by atoms with Crippen molar-refractivity contribution >= 4 is 52.2 Å². The Labute approximate surface area is 270 Å². The smallest absolute Gasteiger partial charge is 0.337 e. The molecule has 0 aliphatic carbocycles. The molecular formula is C38H28ClNO6. The van der Waals surface area contributed by atoms with E-state index in [0.29, 0.717) is 21.8 Å². The fourth-order valence-electron chi connectivity index (χ4n) is 5.47. The van der Waals surface area contributed by atoms with Crippen LogP contribution in [0.15, 0.2) is 146 Å². The lowest BCUT2D eigenvalue weighted by atomic mass is 9.83. The molecule has 6 rings (SSSR count). The average Bonchev–Trinajstić information content (AvgIpc) is 3.34. The first-order chi connectivity index (χ1) is 22.3. The van der Waals surface area contributed by atoms with Crippen LogP contribution in [0.5, 0.6) is 0 Å². The van der Waals surface area contributed by atoms with Crippen molar-refractivity contribution in [1.29, 1.82) is 0 Å². The van der Waals surface area contributed by atoms with Gasteiger partial charge in [-0.05, 0) is 46.5 Å². The minimum atomic E-state index is -1.27. The molecule has 0 aromatic heterocycles. The second-order valence-corrected chi connectivity index (χ2v) is 10.8. The molecule has 0 radical (unpaired) electrons. The first-order valence-corrected chi connectivity index (χ1v) is 14.7. The van der Waals surface area contributed by atoms with Gasteiger partial charge >= 0.3 is 11.9 Å². The largest absolute Gasteiger partial charge is 0.478 e. The first-order valence-electron chi connectivity index (χ1n) is 14.3. The number of amides is 2. The van der Waals surface area contributed by atoms with Crippen molar-refractivity contribution in [2.45, 2.75) is 11.8 Å². The van der Waals surface area contributed by atoms with Crippen LogP contribution in [0.3, 0.4) is 0 Å². The van der Waals surface area contributed by atoms with E-state index in [0.717, 1.165) is 11.1 Å². The van der Waals surface area contributed by atoms with Crippen molar-refractivity contribution in [3.63, 3.8) is 0 Å². The number of carboxylic acid groups (broad SMARTS) is 2. The Bertz CT molecular complexity index is 1760. The van der Waals surface area contributed by atoms with Crippen LogP contribution in [0.25, 0.3) is 11.1 Å². The third-order valence-electron chi connectivity index (χ3n) is 7.51. The van der Waals surface area contributed by atoms with Gasteiger partial charge in [-0.2, -0.15) is 0 Å². The Morgan fingerprint density at radius 2 is 0.826 bits per heavy atom. The van der Waals surface area contributed by atoms with Gasteiger partial charge < -0.3 is 10.2 Å². The van der Waals surface area contributed by atoms with Crippen LogP contribution in [-0.4, -0.2) is 34.0 Å². The van der Waals surface area contributed by atoms with E-state index in [9.17, 15) is 29.4 Å². The Morgan fingerprint density at radius 1 is 0.500 bits per heavy atom. The van der Waals surface area contributed by atoms with E-state index in [1.54, 1.807) is 84.9 Å². The molecular weight excluding hydrogens is 602 g/mol. The second-order valence-electron chi connectivity index (χ2n) is 10.4. The topological polar surface area (TPSA) is 112 Å². The number of aliphatic carboxylic acids is 2. The zero-order valence-electron chi connectivity index (χ0n) is 24.4. The van der Waals surface area contributed by atoms with E-state index in [2.05, 4.69) is 0 Å². The molecule has 2 amide bonds. The van der Waals surface area contributed by atoms with Crippen molar-refractivity contribution in [3.8, 4) is 0 Å². The fourth-order valence-corrected chi connectivity index (χ4v) is 5.59. The molecule has 5 aromatic rings. The molecule has 1 aliphatic heterocycles. The normalized spacial score (nSPS) is 16.2. The van der Waals surface area contributed by atoms with Crippen LogP contribution in [0.4, 0.5) is 5.69 Å². The second kappa shape index (κ2) is 14.3. The van der Waals surface area contributed by atoms with Crippen LogP contribution >= 0.6 is 11.6 Å². The summed E-state index contributed by atoms with van der Waals surface area (Å²) in [6, 6.07) is 42.2. The molecule has 46 heavy (non-hydrogen) atoms. The number of imide groups is 1. The van der Waals surface area contributed by atoms with Crippen molar-refractivity contribution < 1.29 is 29.4 Å². The number of anilines is 1. The van der Waals surface area contributed by atoms with Gasteiger partial charge in [0.1, 0.15) is 0 Å². The standard InChI is InChI=1S/C22H16ClNO2.C16H12O4/c23-17-11-13-18(14-12-17)24-21(25)19(15-7-3-1-4-8-15)20(22(24)26)16-9-5-2-6-10-16;17-15(18)13(11-7-3-1-4-8-11)14(16(19)20)12-9-5-2-6-10-12/h1-14,19-20H;1-10H,(H,17,18)(H,19,20)/b;14-13-. The lowest BCUT2D eigenvalue weighted by molar-refractivity contribution is -0.132. The Morgan fingerprint density at radius 3 is 1.15 bits per heavy atom. The Kier molecular flexibility index (Phi) is 9.85. The van der Waals surface area contributed by atoms with E-state index in [4.69, 9.17) is 11.6 Å². The maximum absolute atomic E-state index is 13.3. The molecule has 1 saturated heterocycles. The van der Waals surface area contributed by atoms with Crippen LogP contribution < -0.4 is 4.90 Å². The molecule has 0 spiro atoms. The quantitative estimate of drug-likeness (QED) is 0.109. The van der Waals surface area contributed by atoms with Crippen molar-refractivity contribution in [1.82, 2.24) is 0 Å². The number of carbonyl (C=O) groups is 4. The highest BCUT2D eigenvalue weighted by molar-refractivity contribution is 6.36. The molecule has 1 aliphatic rings. The van der Waals surface area contributed by atoms with E-state index < -0.39 is 23.8 Å². The third-order valence-corrected chi connectivity index (χ3v) is 7.76. The molecule has 1 heterocycles. The molecule has 5 aromatic carbocycles. The van der Waals surface area contributed by atoms with E-state index in [-0.39, 0.29) is 23.0 Å². The summed E-state index contributed by atoms with van der Waals surface area (Å²) in [7, 11) is 0. The number of carbonyl (C=O) groups excluding carboxylic acids is 2. The number of hydrogen-bond donors (Lipinski definition) is 2. The number of carboxylic acids is 2. The maximum atomic E-state index is 13.3. The number of benzene rings is 5. The van der Waals surface area contributed by atoms with E-state index >= 15 is 0 Å². The van der Waals surface area contributed by atoms with Gasteiger partial charge in [0, 0.05) is 5.02 Å². The predicted molar refractivity (Wildman–Crippen MR) is 177 cm³/mol. The van der Waals surface area contributed by atoms with Crippen molar-refractivity contribution in [2.75, 3.05) is 4.90 Å². The summed E-state index contributed by atoms with van der Waals surface area (Å²) in [6.07, 6.45) is 0.